The molecule has 0 bridgehead atoms. The fourth-order valence-corrected chi connectivity index (χ4v) is 2.35. The number of benzene rings is 2. The molecule has 0 aliphatic rings. The molecule has 112 valence electrons. The lowest BCUT2D eigenvalue weighted by Crippen LogP contribution is -2.12. The molecule has 22 heavy (non-hydrogen) atoms. The molecule has 1 aromatic heterocycles. The highest BCUT2D eigenvalue weighted by Gasteiger charge is 2.06. The minimum atomic E-state index is -0.267. The molecule has 4 nitrogen and oxygen atoms in total. The number of imidazole rings is 1. The summed E-state index contributed by atoms with van der Waals surface area (Å²) in [6.07, 6.45) is 2.68. The van der Waals surface area contributed by atoms with Crippen LogP contribution in [0.2, 0.25) is 0 Å². The largest absolute Gasteiger partial charge is 0.334 e. The third kappa shape index (κ3) is 3.14. The van der Waals surface area contributed by atoms with Gasteiger partial charge in [0.1, 0.15) is 5.82 Å². The summed E-state index contributed by atoms with van der Waals surface area (Å²) in [5.74, 6) is -0.337. The van der Waals surface area contributed by atoms with E-state index in [1.54, 1.807) is 18.5 Å². The van der Waals surface area contributed by atoms with Crippen molar-refractivity contribution < 1.29 is 9.18 Å². The number of halogens is 1. The van der Waals surface area contributed by atoms with Crippen molar-refractivity contribution in [1.29, 1.82) is 0 Å². The van der Waals surface area contributed by atoms with E-state index in [4.69, 9.17) is 0 Å². The number of rotatable bonds is 4. The van der Waals surface area contributed by atoms with Gasteiger partial charge in [0.15, 0.2) is 0 Å². The molecule has 1 heterocycles. The number of aromatic nitrogens is 2. The number of anilines is 1. The van der Waals surface area contributed by atoms with E-state index in [-0.39, 0.29) is 11.7 Å². The second-order valence-electron chi connectivity index (χ2n) is 5.23. The van der Waals surface area contributed by atoms with Crippen LogP contribution in [0.4, 0.5) is 10.1 Å². The monoisotopic (exact) mass is 297 g/mol. The lowest BCUT2D eigenvalue weighted by molar-refractivity contribution is -0.116. The van der Waals surface area contributed by atoms with E-state index in [1.807, 2.05) is 29.8 Å². The summed E-state index contributed by atoms with van der Waals surface area (Å²) in [6.45, 7) is 0. The predicted molar refractivity (Wildman–Crippen MR) is 84.1 cm³/mol. The number of amides is 1. The maximum atomic E-state index is 12.8. The molecule has 2 aromatic carbocycles. The first-order valence-corrected chi connectivity index (χ1v) is 7.07. The first kappa shape index (κ1) is 14.3. The molecule has 1 N–H and O–H groups in total. The van der Waals surface area contributed by atoms with Crippen LogP contribution in [0.1, 0.15) is 12.0 Å². The maximum Gasteiger partial charge on any atom is 0.224 e. The zero-order chi connectivity index (χ0) is 15.5. The summed E-state index contributed by atoms with van der Waals surface area (Å²) in [5.41, 5.74) is 3.54. The second kappa shape index (κ2) is 5.97. The van der Waals surface area contributed by atoms with Crippen LogP contribution in [0.25, 0.3) is 11.0 Å². The summed E-state index contributed by atoms with van der Waals surface area (Å²) in [6, 6.07) is 11.8. The molecule has 0 radical (unpaired) electrons. The molecule has 0 aliphatic carbocycles. The second-order valence-corrected chi connectivity index (χ2v) is 5.23. The number of hydrogen-bond acceptors (Lipinski definition) is 2. The van der Waals surface area contributed by atoms with E-state index >= 15 is 0 Å². The summed E-state index contributed by atoms with van der Waals surface area (Å²) >= 11 is 0. The van der Waals surface area contributed by atoms with Crippen molar-refractivity contribution in [2.45, 2.75) is 12.8 Å². The van der Waals surface area contributed by atoms with Crippen LogP contribution < -0.4 is 5.32 Å². The van der Waals surface area contributed by atoms with E-state index in [2.05, 4.69) is 10.3 Å². The van der Waals surface area contributed by atoms with Gasteiger partial charge < -0.3 is 9.88 Å². The van der Waals surface area contributed by atoms with E-state index < -0.39 is 0 Å². The Hall–Kier alpha value is -2.69. The van der Waals surface area contributed by atoms with Crippen molar-refractivity contribution in [3.8, 4) is 0 Å². The zero-order valence-corrected chi connectivity index (χ0v) is 12.2. The van der Waals surface area contributed by atoms with Gasteiger partial charge in [-0.25, -0.2) is 9.37 Å². The quantitative estimate of drug-likeness (QED) is 0.803. The normalized spacial score (nSPS) is 10.8. The maximum absolute atomic E-state index is 12.8. The molecule has 0 spiro atoms. The number of carbonyl (C=O) groups excluding carboxylic acids is 1. The lowest BCUT2D eigenvalue weighted by atomic mass is 10.1. The number of fused-ring (bicyclic) bond motifs is 1. The Bertz CT molecular complexity index is 808. The number of aryl methyl sites for hydroxylation is 2. The Kier molecular flexibility index (Phi) is 3.87. The summed E-state index contributed by atoms with van der Waals surface area (Å²) < 4.78 is 14.7. The van der Waals surface area contributed by atoms with Gasteiger partial charge in [-0.05, 0) is 42.3 Å². The average molecular weight is 297 g/mol. The van der Waals surface area contributed by atoms with Gasteiger partial charge in [-0.2, -0.15) is 0 Å². The van der Waals surface area contributed by atoms with Crippen molar-refractivity contribution in [3.05, 3.63) is 60.2 Å². The molecule has 1 amide bonds. The molecular weight excluding hydrogens is 281 g/mol. The number of carbonyl (C=O) groups is 1. The van der Waals surface area contributed by atoms with Crippen LogP contribution in [0.3, 0.4) is 0 Å². The highest BCUT2D eigenvalue weighted by Crippen LogP contribution is 2.17. The van der Waals surface area contributed by atoms with Gasteiger partial charge in [-0.15, -0.1) is 0 Å². The van der Waals surface area contributed by atoms with Crippen LogP contribution in [-0.4, -0.2) is 15.5 Å². The topological polar surface area (TPSA) is 46.9 Å². The minimum absolute atomic E-state index is 0.0698. The van der Waals surface area contributed by atoms with Crippen molar-refractivity contribution in [1.82, 2.24) is 9.55 Å². The van der Waals surface area contributed by atoms with Crippen LogP contribution >= 0.6 is 0 Å². The molecule has 0 unspecified atom stereocenters. The summed E-state index contributed by atoms with van der Waals surface area (Å²) in [4.78, 5) is 16.2. The van der Waals surface area contributed by atoms with Crippen LogP contribution in [0.5, 0.6) is 0 Å². The summed E-state index contributed by atoms with van der Waals surface area (Å²) in [5, 5.41) is 2.86. The third-order valence-electron chi connectivity index (χ3n) is 3.56. The number of nitrogens with zero attached hydrogens (tertiary/aromatic N) is 2. The van der Waals surface area contributed by atoms with E-state index in [0.717, 1.165) is 22.3 Å². The SMILES string of the molecule is Cn1cnc2cc(NC(=O)CCc3ccc(F)cc3)ccc21. The Morgan fingerprint density at radius 3 is 2.77 bits per heavy atom. The van der Waals surface area contributed by atoms with Gasteiger partial charge in [0.05, 0.1) is 17.4 Å². The fraction of sp³-hybridized carbons (Fsp3) is 0.176. The first-order chi connectivity index (χ1) is 10.6. The van der Waals surface area contributed by atoms with Gasteiger partial charge in [-0.3, -0.25) is 4.79 Å². The molecule has 0 fully saturated rings. The van der Waals surface area contributed by atoms with Crippen molar-refractivity contribution in [3.63, 3.8) is 0 Å². The Morgan fingerprint density at radius 1 is 1.23 bits per heavy atom. The molecule has 3 rings (SSSR count). The van der Waals surface area contributed by atoms with E-state index in [1.165, 1.54) is 12.1 Å². The molecule has 0 atom stereocenters. The molecular formula is C17H16FN3O. The number of hydrogen-bond donors (Lipinski definition) is 1. The molecule has 3 aromatic rings. The molecule has 0 aliphatic heterocycles. The third-order valence-corrected chi connectivity index (χ3v) is 3.56. The van der Waals surface area contributed by atoms with Gasteiger partial charge >= 0.3 is 0 Å². The van der Waals surface area contributed by atoms with Gasteiger partial charge in [0.25, 0.3) is 0 Å². The van der Waals surface area contributed by atoms with E-state index in [9.17, 15) is 9.18 Å². The minimum Gasteiger partial charge on any atom is -0.334 e. The van der Waals surface area contributed by atoms with Gasteiger partial charge in [0, 0.05) is 19.2 Å². The Labute approximate surface area is 127 Å². The highest BCUT2D eigenvalue weighted by molar-refractivity contribution is 5.93. The highest BCUT2D eigenvalue weighted by atomic mass is 19.1. The smallest absolute Gasteiger partial charge is 0.224 e. The number of nitrogens with one attached hydrogen (secondary N) is 1. The first-order valence-electron chi connectivity index (χ1n) is 7.07. The Balaban J connectivity index is 1.61. The van der Waals surface area contributed by atoms with Crippen LogP contribution in [0.15, 0.2) is 48.8 Å². The Morgan fingerprint density at radius 2 is 2.00 bits per heavy atom. The predicted octanol–water partition coefficient (Wildman–Crippen LogP) is 3.28. The fourth-order valence-electron chi connectivity index (χ4n) is 2.35. The van der Waals surface area contributed by atoms with Crippen molar-refractivity contribution >= 4 is 22.6 Å². The summed E-state index contributed by atoms with van der Waals surface area (Å²) in [7, 11) is 1.93. The van der Waals surface area contributed by atoms with Gasteiger partial charge in [-0.1, -0.05) is 12.1 Å². The average Bonchev–Trinajstić information content (AvgIpc) is 2.88. The molecule has 0 saturated carbocycles. The van der Waals surface area contributed by atoms with Crippen LogP contribution in [0, 0.1) is 5.82 Å². The van der Waals surface area contributed by atoms with Crippen LogP contribution in [-0.2, 0) is 18.3 Å². The molecule has 0 saturated heterocycles. The lowest BCUT2D eigenvalue weighted by Gasteiger charge is -2.06. The van der Waals surface area contributed by atoms with E-state index in [0.29, 0.717) is 12.8 Å². The van der Waals surface area contributed by atoms with Crippen molar-refractivity contribution in [2.24, 2.45) is 7.05 Å². The van der Waals surface area contributed by atoms with Crippen molar-refractivity contribution in [2.75, 3.05) is 5.32 Å². The standard InChI is InChI=1S/C17H16FN3O/c1-21-11-19-15-10-14(7-8-16(15)21)20-17(22)9-4-12-2-5-13(18)6-3-12/h2-3,5-8,10-11H,4,9H2,1H3,(H,20,22). The zero-order valence-electron chi connectivity index (χ0n) is 12.2. The molecule has 5 heteroatoms. The van der Waals surface area contributed by atoms with Gasteiger partial charge in [0.2, 0.25) is 5.91 Å².